The number of hydrogen-bond donors (Lipinski definition) is 2. The number of fused-ring (bicyclic) bond motifs is 1. The number of ether oxygens (including phenoxy) is 2. The molecule has 0 saturated heterocycles. The number of carbonyl (C=O) groups is 1. The fourth-order valence-electron chi connectivity index (χ4n) is 2.49. The average Bonchev–Trinajstić information content (AvgIpc) is 3.01. The van der Waals surface area contributed by atoms with E-state index in [9.17, 15) is 4.79 Å². The van der Waals surface area contributed by atoms with E-state index in [0.717, 1.165) is 22.2 Å². The normalized spacial score (nSPS) is 10.6. The second-order valence-electron chi connectivity index (χ2n) is 5.12. The first-order chi connectivity index (χ1) is 11.1. The lowest BCUT2D eigenvalue weighted by Crippen LogP contribution is -2.15. The highest BCUT2D eigenvalue weighted by Gasteiger charge is 2.19. The molecule has 0 atom stereocenters. The van der Waals surface area contributed by atoms with E-state index in [1.54, 1.807) is 24.4 Å². The largest absolute Gasteiger partial charge is 0.496 e. The Morgan fingerprint density at radius 2 is 1.87 bits per heavy atom. The van der Waals surface area contributed by atoms with E-state index in [1.165, 1.54) is 14.2 Å². The minimum Gasteiger partial charge on any atom is -0.496 e. The van der Waals surface area contributed by atoms with Gasteiger partial charge in [-0.05, 0) is 36.8 Å². The van der Waals surface area contributed by atoms with Crippen LogP contribution < -0.4 is 14.8 Å². The van der Waals surface area contributed by atoms with E-state index < -0.39 is 0 Å². The minimum absolute atomic E-state index is 0.287. The molecular weight excluding hydrogens is 294 g/mol. The summed E-state index contributed by atoms with van der Waals surface area (Å²) in [6.07, 6.45) is 1.72. The van der Waals surface area contributed by atoms with Crippen LogP contribution in [-0.2, 0) is 0 Å². The maximum atomic E-state index is 12.7. The molecule has 6 nitrogen and oxygen atoms in total. The van der Waals surface area contributed by atoms with Crippen LogP contribution in [0, 0.1) is 6.92 Å². The summed E-state index contributed by atoms with van der Waals surface area (Å²) in [5, 5.41) is 10.8. The van der Waals surface area contributed by atoms with Gasteiger partial charge in [-0.2, -0.15) is 5.10 Å². The third kappa shape index (κ3) is 2.70. The van der Waals surface area contributed by atoms with Crippen molar-refractivity contribution in [3.63, 3.8) is 0 Å². The van der Waals surface area contributed by atoms with Crippen LogP contribution in [0.2, 0.25) is 0 Å². The summed E-state index contributed by atoms with van der Waals surface area (Å²) in [4.78, 5) is 12.7. The lowest BCUT2D eigenvalue weighted by Gasteiger charge is -2.14. The smallest absolute Gasteiger partial charge is 0.263 e. The molecule has 118 valence electrons. The number of aromatic nitrogens is 2. The number of rotatable bonds is 4. The summed E-state index contributed by atoms with van der Waals surface area (Å²) in [5.74, 6) is 0.637. The van der Waals surface area contributed by atoms with Crippen LogP contribution in [-0.4, -0.2) is 30.3 Å². The highest BCUT2D eigenvalue weighted by Crippen LogP contribution is 2.30. The van der Waals surface area contributed by atoms with Crippen molar-refractivity contribution in [3.8, 4) is 11.5 Å². The molecule has 0 aliphatic carbocycles. The van der Waals surface area contributed by atoms with E-state index in [4.69, 9.17) is 9.47 Å². The molecule has 0 spiro atoms. The van der Waals surface area contributed by atoms with Crippen LogP contribution in [0.1, 0.15) is 15.9 Å². The number of carbonyl (C=O) groups excluding carboxylic acids is 1. The van der Waals surface area contributed by atoms with Gasteiger partial charge in [0.2, 0.25) is 0 Å². The van der Waals surface area contributed by atoms with Gasteiger partial charge in [0.25, 0.3) is 5.91 Å². The Kier molecular flexibility index (Phi) is 3.89. The van der Waals surface area contributed by atoms with Crippen molar-refractivity contribution in [2.75, 3.05) is 19.5 Å². The van der Waals surface area contributed by atoms with Crippen molar-refractivity contribution >= 4 is 22.5 Å². The van der Waals surface area contributed by atoms with Gasteiger partial charge < -0.3 is 14.8 Å². The Labute approximate surface area is 133 Å². The van der Waals surface area contributed by atoms with Gasteiger partial charge in [0, 0.05) is 11.1 Å². The molecule has 0 fully saturated rings. The molecule has 0 bridgehead atoms. The van der Waals surface area contributed by atoms with Crippen molar-refractivity contribution in [2.45, 2.75) is 6.92 Å². The van der Waals surface area contributed by atoms with E-state index >= 15 is 0 Å². The first-order valence-electron chi connectivity index (χ1n) is 7.10. The zero-order valence-corrected chi connectivity index (χ0v) is 13.1. The predicted octanol–water partition coefficient (Wildman–Crippen LogP) is 3.14. The Morgan fingerprint density at radius 3 is 2.52 bits per heavy atom. The van der Waals surface area contributed by atoms with Gasteiger partial charge in [0.1, 0.15) is 17.1 Å². The quantitative estimate of drug-likeness (QED) is 0.776. The number of amides is 1. The van der Waals surface area contributed by atoms with Crippen LogP contribution in [0.5, 0.6) is 11.5 Å². The fraction of sp³-hybridized carbons (Fsp3) is 0.176. The molecular formula is C17H17N3O3. The predicted molar refractivity (Wildman–Crippen MR) is 88.3 cm³/mol. The lowest BCUT2D eigenvalue weighted by atomic mass is 10.1. The number of anilines is 1. The van der Waals surface area contributed by atoms with Crippen molar-refractivity contribution in [1.82, 2.24) is 10.2 Å². The van der Waals surface area contributed by atoms with Crippen LogP contribution in [0.3, 0.4) is 0 Å². The lowest BCUT2D eigenvalue weighted by molar-refractivity contribution is 0.102. The molecule has 1 heterocycles. The summed E-state index contributed by atoms with van der Waals surface area (Å²) in [6, 6.07) is 9.05. The van der Waals surface area contributed by atoms with Crippen molar-refractivity contribution < 1.29 is 14.3 Å². The summed E-state index contributed by atoms with van der Waals surface area (Å²) < 4.78 is 10.6. The number of H-pyrrole nitrogens is 1. The zero-order chi connectivity index (χ0) is 16.4. The molecule has 0 unspecified atom stereocenters. The van der Waals surface area contributed by atoms with E-state index in [-0.39, 0.29) is 5.91 Å². The zero-order valence-electron chi connectivity index (χ0n) is 13.1. The summed E-state index contributed by atoms with van der Waals surface area (Å²) in [7, 11) is 3.04. The topological polar surface area (TPSA) is 76.2 Å². The third-order valence-electron chi connectivity index (χ3n) is 3.69. The third-order valence-corrected chi connectivity index (χ3v) is 3.69. The molecule has 3 aromatic rings. The number of methoxy groups -OCH3 is 2. The highest BCUT2D eigenvalue weighted by atomic mass is 16.5. The standard InChI is InChI=1S/C17H17N3O3/c1-10-7-13-11(9-18-20-13)8-12(10)19-17(21)16-14(22-2)5-4-6-15(16)23-3/h4-9H,1-3H3,(H,18,20)(H,19,21). The van der Waals surface area contributed by atoms with Crippen LogP contribution in [0.25, 0.3) is 10.9 Å². The molecule has 0 radical (unpaired) electrons. The Hall–Kier alpha value is -3.02. The number of aryl methyl sites for hydroxylation is 1. The maximum absolute atomic E-state index is 12.7. The van der Waals surface area contributed by atoms with E-state index in [0.29, 0.717) is 17.1 Å². The SMILES string of the molecule is COc1cccc(OC)c1C(=O)Nc1cc2cn[nH]c2cc1C. The van der Waals surface area contributed by atoms with Gasteiger partial charge in [0.15, 0.2) is 0 Å². The number of hydrogen-bond acceptors (Lipinski definition) is 4. The molecule has 23 heavy (non-hydrogen) atoms. The summed E-state index contributed by atoms with van der Waals surface area (Å²) >= 11 is 0. The molecule has 0 saturated carbocycles. The highest BCUT2D eigenvalue weighted by molar-refractivity contribution is 6.09. The molecule has 1 aromatic heterocycles. The van der Waals surface area contributed by atoms with Crippen molar-refractivity contribution in [2.24, 2.45) is 0 Å². The van der Waals surface area contributed by atoms with Gasteiger partial charge in [-0.15, -0.1) is 0 Å². The second-order valence-corrected chi connectivity index (χ2v) is 5.12. The minimum atomic E-state index is -0.287. The van der Waals surface area contributed by atoms with E-state index in [1.807, 2.05) is 19.1 Å². The van der Waals surface area contributed by atoms with Crippen molar-refractivity contribution in [3.05, 3.63) is 47.7 Å². The van der Waals surface area contributed by atoms with Gasteiger partial charge in [-0.3, -0.25) is 9.89 Å². The van der Waals surface area contributed by atoms with Crippen molar-refractivity contribution in [1.29, 1.82) is 0 Å². The fourth-order valence-corrected chi connectivity index (χ4v) is 2.49. The number of benzene rings is 2. The van der Waals surface area contributed by atoms with Gasteiger partial charge in [0.05, 0.1) is 25.9 Å². The Balaban J connectivity index is 1.99. The Bertz CT molecular complexity index is 848. The second kappa shape index (κ2) is 6.00. The van der Waals surface area contributed by atoms with Crippen LogP contribution >= 0.6 is 0 Å². The Morgan fingerprint density at radius 1 is 1.17 bits per heavy atom. The molecule has 2 aromatic carbocycles. The first kappa shape index (κ1) is 14.9. The number of nitrogens with one attached hydrogen (secondary N) is 2. The summed E-state index contributed by atoms with van der Waals surface area (Å²) in [5.41, 5.74) is 2.94. The van der Waals surface area contributed by atoms with Crippen LogP contribution in [0.4, 0.5) is 5.69 Å². The molecule has 3 rings (SSSR count). The molecule has 0 aliphatic rings. The van der Waals surface area contributed by atoms with Gasteiger partial charge in [-0.1, -0.05) is 6.07 Å². The number of nitrogens with zero attached hydrogens (tertiary/aromatic N) is 1. The number of aromatic amines is 1. The van der Waals surface area contributed by atoms with Gasteiger partial charge >= 0.3 is 0 Å². The average molecular weight is 311 g/mol. The summed E-state index contributed by atoms with van der Waals surface area (Å²) in [6.45, 7) is 1.93. The monoisotopic (exact) mass is 311 g/mol. The van der Waals surface area contributed by atoms with Crippen LogP contribution in [0.15, 0.2) is 36.5 Å². The molecule has 1 amide bonds. The molecule has 6 heteroatoms. The molecule has 2 N–H and O–H groups in total. The van der Waals surface area contributed by atoms with E-state index in [2.05, 4.69) is 15.5 Å². The maximum Gasteiger partial charge on any atom is 0.263 e. The first-order valence-corrected chi connectivity index (χ1v) is 7.10. The van der Waals surface area contributed by atoms with Gasteiger partial charge in [-0.25, -0.2) is 0 Å². The molecule has 0 aliphatic heterocycles.